The van der Waals surface area contributed by atoms with Crippen LogP contribution < -0.4 is 10.1 Å². The number of nitrogens with one attached hydrogen (secondary N) is 1. The zero-order valence-corrected chi connectivity index (χ0v) is 11.9. The van der Waals surface area contributed by atoms with Crippen molar-refractivity contribution in [1.29, 1.82) is 0 Å². The summed E-state index contributed by atoms with van der Waals surface area (Å²) in [5, 5.41) is 2.86. The van der Waals surface area contributed by atoms with Crippen LogP contribution in [0.4, 0.5) is 14.5 Å². The van der Waals surface area contributed by atoms with Crippen LogP contribution in [0.1, 0.15) is 16.7 Å². The van der Waals surface area contributed by atoms with Crippen LogP contribution in [0.5, 0.6) is 5.75 Å². The van der Waals surface area contributed by atoms with Gasteiger partial charge in [-0.2, -0.15) is 0 Å². The third-order valence-corrected chi connectivity index (χ3v) is 3.75. The second-order valence-electron chi connectivity index (χ2n) is 5.27. The van der Waals surface area contributed by atoms with E-state index in [-0.39, 0.29) is 5.69 Å². The van der Waals surface area contributed by atoms with E-state index in [2.05, 4.69) is 11.4 Å². The molecule has 2 nitrogen and oxygen atoms in total. The molecule has 0 bridgehead atoms. The monoisotopic (exact) mass is 289 g/mol. The Morgan fingerprint density at radius 1 is 1.19 bits per heavy atom. The van der Waals surface area contributed by atoms with Crippen molar-refractivity contribution in [3.8, 4) is 5.75 Å². The van der Waals surface area contributed by atoms with Crippen molar-refractivity contribution in [1.82, 2.24) is 0 Å². The van der Waals surface area contributed by atoms with Crippen LogP contribution >= 0.6 is 0 Å². The Labute approximate surface area is 122 Å². The highest BCUT2D eigenvalue weighted by molar-refractivity contribution is 5.49. The summed E-state index contributed by atoms with van der Waals surface area (Å²) in [4.78, 5) is 0. The van der Waals surface area contributed by atoms with Gasteiger partial charge in [0.05, 0.1) is 6.61 Å². The summed E-state index contributed by atoms with van der Waals surface area (Å²) in [6.07, 6.45) is 1.64. The molecule has 1 aliphatic rings. The van der Waals surface area contributed by atoms with Crippen molar-refractivity contribution < 1.29 is 13.5 Å². The molecule has 0 radical (unpaired) electrons. The molecule has 4 heteroatoms. The lowest BCUT2D eigenvalue weighted by Crippen LogP contribution is -2.09. The summed E-state index contributed by atoms with van der Waals surface area (Å²) >= 11 is 0. The number of ether oxygens (including phenoxy) is 1. The van der Waals surface area contributed by atoms with Crippen molar-refractivity contribution in [3.05, 3.63) is 58.7 Å². The Balaban J connectivity index is 1.65. The molecule has 1 heterocycles. The average Bonchev–Trinajstić information content (AvgIpc) is 2.94. The molecular weight excluding hydrogens is 272 g/mol. The van der Waals surface area contributed by atoms with Crippen molar-refractivity contribution >= 4 is 5.69 Å². The number of halogens is 2. The first-order valence-corrected chi connectivity index (χ1v) is 7.08. The molecular formula is C17H17F2NO. The van der Waals surface area contributed by atoms with Crippen molar-refractivity contribution in [2.75, 3.05) is 18.5 Å². The Morgan fingerprint density at radius 2 is 2.05 bits per heavy atom. The fraction of sp³-hybridized carbons (Fsp3) is 0.294. The van der Waals surface area contributed by atoms with Gasteiger partial charge in [0.15, 0.2) is 5.82 Å². The van der Waals surface area contributed by atoms with Gasteiger partial charge in [0.2, 0.25) is 0 Å². The third-order valence-electron chi connectivity index (χ3n) is 3.75. The topological polar surface area (TPSA) is 21.3 Å². The van der Waals surface area contributed by atoms with E-state index in [1.54, 1.807) is 6.92 Å². The predicted molar refractivity (Wildman–Crippen MR) is 78.9 cm³/mol. The highest BCUT2D eigenvalue weighted by atomic mass is 19.1. The van der Waals surface area contributed by atoms with E-state index in [0.29, 0.717) is 18.5 Å². The number of fused-ring (bicyclic) bond motifs is 1. The molecule has 0 atom stereocenters. The number of aryl methyl sites for hydroxylation is 1. The van der Waals surface area contributed by atoms with Crippen LogP contribution in [0.2, 0.25) is 0 Å². The maximum atomic E-state index is 13.8. The van der Waals surface area contributed by atoms with Gasteiger partial charge in [-0.05, 0) is 42.2 Å². The van der Waals surface area contributed by atoms with Crippen LogP contribution in [-0.4, -0.2) is 13.2 Å². The molecule has 1 N–H and O–H groups in total. The van der Waals surface area contributed by atoms with Gasteiger partial charge < -0.3 is 10.1 Å². The quantitative estimate of drug-likeness (QED) is 0.922. The minimum Gasteiger partial charge on any atom is -0.493 e. The smallest absolute Gasteiger partial charge is 0.152 e. The molecule has 0 amide bonds. The Hall–Kier alpha value is -2.10. The third kappa shape index (κ3) is 2.84. The highest BCUT2D eigenvalue weighted by Crippen LogP contribution is 2.26. The summed E-state index contributed by atoms with van der Waals surface area (Å²) in [6.45, 7) is 2.84. The molecule has 0 saturated heterocycles. The van der Waals surface area contributed by atoms with Gasteiger partial charge in [0, 0.05) is 13.0 Å². The molecule has 0 unspecified atom stereocenters. The van der Waals surface area contributed by atoms with Crippen LogP contribution in [0, 0.1) is 18.6 Å². The SMILES string of the molecule is Cc1ccc(F)c(NCCc2ccc3c(c2)CCO3)c1F. The number of anilines is 1. The van der Waals surface area contributed by atoms with Crippen LogP contribution in [0.15, 0.2) is 30.3 Å². The minimum absolute atomic E-state index is 0.0421. The number of rotatable bonds is 4. The lowest BCUT2D eigenvalue weighted by Gasteiger charge is -2.10. The number of hydrogen-bond acceptors (Lipinski definition) is 2. The fourth-order valence-corrected chi connectivity index (χ4v) is 2.55. The van der Waals surface area contributed by atoms with Gasteiger partial charge in [-0.1, -0.05) is 18.2 Å². The van der Waals surface area contributed by atoms with Crippen molar-refractivity contribution in [2.45, 2.75) is 19.8 Å². The van der Waals surface area contributed by atoms with Gasteiger partial charge in [0.25, 0.3) is 0 Å². The summed E-state index contributed by atoms with van der Waals surface area (Å²) in [5.41, 5.74) is 2.74. The Morgan fingerprint density at radius 3 is 2.90 bits per heavy atom. The summed E-state index contributed by atoms with van der Waals surface area (Å²) in [5.74, 6) is -0.125. The van der Waals surface area contributed by atoms with Crippen molar-refractivity contribution in [3.63, 3.8) is 0 Å². The molecule has 2 aromatic rings. The normalized spacial score (nSPS) is 12.9. The predicted octanol–water partition coefficient (Wildman–Crippen LogP) is 3.86. The van der Waals surface area contributed by atoms with E-state index < -0.39 is 11.6 Å². The van der Waals surface area contributed by atoms with E-state index in [1.807, 2.05) is 12.1 Å². The summed E-state index contributed by atoms with van der Waals surface area (Å²) in [7, 11) is 0. The lowest BCUT2D eigenvalue weighted by atomic mass is 10.1. The molecule has 0 aromatic heterocycles. The van der Waals surface area contributed by atoms with Crippen LogP contribution in [-0.2, 0) is 12.8 Å². The first-order valence-electron chi connectivity index (χ1n) is 7.08. The van der Waals surface area contributed by atoms with Crippen LogP contribution in [0.3, 0.4) is 0 Å². The molecule has 2 aromatic carbocycles. The van der Waals surface area contributed by atoms with E-state index in [1.165, 1.54) is 17.7 Å². The molecule has 21 heavy (non-hydrogen) atoms. The van der Waals surface area contributed by atoms with Crippen molar-refractivity contribution in [2.24, 2.45) is 0 Å². The molecule has 0 spiro atoms. The van der Waals surface area contributed by atoms with Gasteiger partial charge >= 0.3 is 0 Å². The molecule has 110 valence electrons. The molecule has 3 rings (SSSR count). The highest BCUT2D eigenvalue weighted by Gasteiger charge is 2.13. The summed E-state index contributed by atoms with van der Waals surface area (Å²) < 4.78 is 32.9. The van der Waals surface area contributed by atoms with Gasteiger partial charge in [-0.3, -0.25) is 0 Å². The van der Waals surface area contributed by atoms with E-state index in [4.69, 9.17) is 4.74 Å². The van der Waals surface area contributed by atoms with Gasteiger partial charge in [-0.25, -0.2) is 8.78 Å². The maximum absolute atomic E-state index is 13.8. The van der Waals surface area contributed by atoms with E-state index in [9.17, 15) is 8.78 Å². The Bertz CT molecular complexity index is 670. The zero-order valence-electron chi connectivity index (χ0n) is 11.9. The molecule has 0 aliphatic carbocycles. The number of hydrogen-bond donors (Lipinski definition) is 1. The first-order chi connectivity index (χ1) is 10.1. The fourth-order valence-electron chi connectivity index (χ4n) is 2.55. The van der Waals surface area contributed by atoms with Gasteiger partial charge in [-0.15, -0.1) is 0 Å². The lowest BCUT2D eigenvalue weighted by molar-refractivity contribution is 0.357. The standard InChI is InChI=1S/C17H17F2NO/c1-11-2-4-14(18)17(16(11)19)20-8-6-12-3-5-15-13(10-12)7-9-21-15/h2-5,10,20H,6-9H2,1H3. The maximum Gasteiger partial charge on any atom is 0.152 e. The second-order valence-corrected chi connectivity index (χ2v) is 5.27. The molecule has 1 aliphatic heterocycles. The van der Waals surface area contributed by atoms with Gasteiger partial charge in [0.1, 0.15) is 17.3 Å². The second kappa shape index (κ2) is 5.72. The van der Waals surface area contributed by atoms with E-state index >= 15 is 0 Å². The number of benzene rings is 2. The van der Waals surface area contributed by atoms with Crippen LogP contribution in [0.25, 0.3) is 0 Å². The molecule has 0 saturated carbocycles. The first kappa shape index (κ1) is 13.9. The molecule has 0 fully saturated rings. The Kier molecular flexibility index (Phi) is 3.78. The van der Waals surface area contributed by atoms with E-state index in [0.717, 1.165) is 24.3 Å². The zero-order chi connectivity index (χ0) is 14.8. The average molecular weight is 289 g/mol. The minimum atomic E-state index is -0.555. The largest absolute Gasteiger partial charge is 0.493 e. The summed E-state index contributed by atoms with van der Waals surface area (Å²) in [6, 6.07) is 8.79.